The van der Waals surface area contributed by atoms with Crippen molar-refractivity contribution in [2.75, 3.05) is 24.6 Å². The number of fused-ring (bicyclic) bond motifs is 3. The third-order valence-corrected chi connectivity index (χ3v) is 6.67. The number of nitrogens with zero attached hydrogens (tertiary/aromatic N) is 2. The summed E-state index contributed by atoms with van der Waals surface area (Å²) >= 11 is 0. The van der Waals surface area contributed by atoms with E-state index in [0.29, 0.717) is 11.6 Å². The Morgan fingerprint density at radius 3 is 2.54 bits per heavy atom. The molecule has 0 spiro atoms. The summed E-state index contributed by atoms with van der Waals surface area (Å²) in [6, 6.07) is 7.17. The number of likely N-dealkylation sites (tertiary alicyclic amines) is 1. The van der Waals surface area contributed by atoms with Crippen molar-refractivity contribution in [3.05, 3.63) is 29.8 Å². The average Bonchev–Trinajstić information content (AvgIpc) is 2.65. The molecule has 7 heteroatoms. The minimum absolute atomic E-state index is 0.0204. The quantitative estimate of drug-likeness (QED) is 0.844. The van der Waals surface area contributed by atoms with Gasteiger partial charge in [0.25, 0.3) is 0 Å². The topological polar surface area (TPSA) is 43.8 Å². The number of alkyl halides is 3. The Bertz CT molecular complexity index is 718. The SMILES string of the molecule is O=C(CC(F)(F)F)N1C[C@H]2[C@@H](c3ccccc31)[C@H](CO)N2CC1CCCCC1. The molecular weight excluding hydrogens is 369 g/mol. The fourth-order valence-corrected chi connectivity index (χ4v) is 5.41. The normalized spacial score (nSPS) is 28.4. The minimum Gasteiger partial charge on any atom is -0.395 e. The number of aliphatic hydroxyl groups excluding tert-OH is 1. The zero-order chi connectivity index (χ0) is 19.9. The van der Waals surface area contributed by atoms with Crippen LogP contribution >= 0.6 is 0 Å². The van der Waals surface area contributed by atoms with Crippen LogP contribution in [0.4, 0.5) is 18.9 Å². The maximum absolute atomic E-state index is 12.8. The Balaban J connectivity index is 1.58. The van der Waals surface area contributed by atoms with Crippen molar-refractivity contribution in [1.82, 2.24) is 4.90 Å². The molecule has 0 unspecified atom stereocenters. The Hall–Kier alpha value is -1.60. The lowest BCUT2D eigenvalue weighted by Crippen LogP contribution is -2.70. The maximum atomic E-state index is 12.8. The fourth-order valence-electron chi connectivity index (χ4n) is 5.41. The van der Waals surface area contributed by atoms with Crippen LogP contribution in [0.25, 0.3) is 0 Å². The fraction of sp³-hybridized carbons (Fsp3) is 0.667. The van der Waals surface area contributed by atoms with Gasteiger partial charge >= 0.3 is 6.18 Å². The number of benzene rings is 1. The van der Waals surface area contributed by atoms with E-state index in [1.165, 1.54) is 37.0 Å². The van der Waals surface area contributed by atoms with E-state index >= 15 is 0 Å². The van der Waals surface area contributed by atoms with Gasteiger partial charge in [0.05, 0.1) is 6.61 Å². The number of amides is 1. The van der Waals surface area contributed by atoms with Gasteiger partial charge in [0, 0.05) is 36.8 Å². The lowest BCUT2D eigenvalue weighted by molar-refractivity contribution is -0.152. The predicted molar refractivity (Wildman–Crippen MR) is 100 cm³/mol. The molecule has 2 fully saturated rings. The third kappa shape index (κ3) is 3.66. The number of hydrogen-bond acceptors (Lipinski definition) is 3. The number of anilines is 1. The Kier molecular flexibility index (Phi) is 5.40. The standard InChI is InChI=1S/C21H27F3N2O2/c22-21(23,24)10-19(28)26-12-17-20(15-8-4-5-9-16(15)26)18(13-27)25(17)11-14-6-2-1-3-7-14/h4-5,8-9,14,17-18,20,27H,1-3,6-7,10-13H2/t17-,18-,20+/m0/s1. The molecule has 0 aromatic heterocycles. The summed E-state index contributed by atoms with van der Waals surface area (Å²) in [5.41, 5.74) is 1.45. The number of carbonyl (C=O) groups is 1. The van der Waals surface area contributed by atoms with E-state index in [4.69, 9.17) is 0 Å². The summed E-state index contributed by atoms with van der Waals surface area (Å²) in [6.07, 6.45) is 0.0747. The number of carbonyl (C=O) groups excluding carboxylic acids is 1. The molecule has 3 aliphatic rings. The zero-order valence-corrected chi connectivity index (χ0v) is 15.9. The number of aliphatic hydroxyl groups is 1. The van der Waals surface area contributed by atoms with Crippen molar-refractivity contribution in [2.45, 2.75) is 62.7 Å². The van der Waals surface area contributed by atoms with Crippen LogP contribution < -0.4 is 4.90 Å². The average molecular weight is 396 g/mol. The molecule has 1 aliphatic carbocycles. The lowest BCUT2D eigenvalue weighted by atomic mass is 9.71. The summed E-state index contributed by atoms with van der Waals surface area (Å²) in [5.74, 6) is -0.261. The van der Waals surface area contributed by atoms with Gasteiger partial charge in [-0.15, -0.1) is 0 Å². The summed E-state index contributed by atoms with van der Waals surface area (Å²) in [7, 11) is 0. The molecule has 1 aromatic carbocycles. The summed E-state index contributed by atoms with van der Waals surface area (Å²) in [5, 5.41) is 10.0. The van der Waals surface area contributed by atoms with Crippen LogP contribution in [0.3, 0.4) is 0 Å². The van der Waals surface area contributed by atoms with Gasteiger partial charge in [-0.25, -0.2) is 0 Å². The molecule has 154 valence electrons. The maximum Gasteiger partial charge on any atom is 0.397 e. The molecule has 0 bridgehead atoms. The van der Waals surface area contributed by atoms with Gasteiger partial charge in [0.2, 0.25) is 5.91 Å². The van der Waals surface area contributed by atoms with Gasteiger partial charge in [0.15, 0.2) is 0 Å². The van der Waals surface area contributed by atoms with E-state index in [-0.39, 0.29) is 31.2 Å². The first-order valence-electron chi connectivity index (χ1n) is 10.2. The summed E-state index contributed by atoms with van der Waals surface area (Å²) in [6.45, 7) is 1.15. The van der Waals surface area contributed by atoms with Crippen LogP contribution in [0.1, 0.15) is 50.0 Å². The summed E-state index contributed by atoms with van der Waals surface area (Å²) in [4.78, 5) is 16.0. The van der Waals surface area contributed by atoms with Crippen molar-refractivity contribution in [2.24, 2.45) is 5.92 Å². The molecule has 2 aliphatic heterocycles. The van der Waals surface area contributed by atoms with Gasteiger partial charge in [0.1, 0.15) is 6.42 Å². The second-order valence-corrected chi connectivity index (χ2v) is 8.40. The molecule has 4 nitrogen and oxygen atoms in total. The largest absolute Gasteiger partial charge is 0.397 e. The highest BCUT2D eigenvalue weighted by molar-refractivity contribution is 5.95. The van der Waals surface area contributed by atoms with E-state index in [9.17, 15) is 23.1 Å². The monoisotopic (exact) mass is 396 g/mol. The van der Waals surface area contributed by atoms with Crippen LogP contribution in [0.2, 0.25) is 0 Å². The van der Waals surface area contributed by atoms with Crippen molar-refractivity contribution >= 4 is 11.6 Å². The molecule has 1 N–H and O–H groups in total. The highest BCUT2D eigenvalue weighted by Crippen LogP contribution is 2.49. The van der Waals surface area contributed by atoms with Gasteiger partial charge < -0.3 is 10.0 Å². The van der Waals surface area contributed by atoms with E-state index in [0.717, 1.165) is 12.1 Å². The molecule has 28 heavy (non-hydrogen) atoms. The molecule has 1 amide bonds. The molecule has 1 aromatic rings. The molecule has 1 saturated carbocycles. The van der Waals surface area contributed by atoms with Crippen molar-refractivity contribution < 1.29 is 23.1 Å². The van der Waals surface area contributed by atoms with E-state index < -0.39 is 18.5 Å². The van der Waals surface area contributed by atoms with Gasteiger partial charge in [-0.2, -0.15) is 13.2 Å². The first-order chi connectivity index (χ1) is 13.4. The van der Waals surface area contributed by atoms with Crippen molar-refractivity contribution in [1.29, 1.82) is 0 Å². The number of halogens is 3. The first kappa shape index (κ1) is 19.7. The second-order valence-electron chi connectivity index (χ2n) is 8.40. The zero-order valence-electron chi connectivity index (χ0n) is 15.9. The minimum atomic E-state index is -4.52. The predicted octanol–water partition coefficient (Wildman–Crippen LogP) is 3.69. The van der Waals surface area contributed by atoms with Gasteiger partial charge in [-0.05, 0) is 30.4 Å². The van der Waals surface area contributed by atoms with Gasteiger partial charge in [-0.1, -0.05) is 37.5 Å². The van der Waals surface area contributed by atoms with E-state index in [1.807, 2.05) is 12.1 Å². The second kappa shape index (κ2) is 7.67. The Labute approximate surface area is 163 Å². The van der Waals surface area contributed by atoms with Crippen LogP contribution in [0, 0.1) is 5.92 Å². The molecule has 0 radical (unpaired) electrons. The molecule has 2 heterocycles. The summed E-state index contributed by atoms with van der Waals surface area (Å²) < 4.78 is 38.5. The Morgan fingerprint density at radius 2 is 1.86 bits per heavy atom. The van der Waals surface area contributed by atoms with Crippen LogP contribution in [0.15, 0.2) is 24.3 Å². The molecule has 1 saturated heterocycles. The highest BCUT2D eigenvalue weighted by Gasteiger charge is 2.53. The molecular formula is C21H27F3N2O2. The third-order valence-electron chi connectivity index (χ3n) is 6.67. The van der Waals surface area contributed by atoms with Crippen LogP contribution in [0.5, 0.6) is 0 Å². The first-order valence-corrected chi connectivity index (χ1v) is 10.2. The highest BCUT2D eigenvalue weighted by atomic mass is 19.4. The lowest BCUT2D eigenvalue weighted by Gasteiger charge is -2.60. The smallest absolute Gasteiger partial charge is 0.395 e. The van der Waals surface area contributed by atoms with Crippen LogP contribution in [-0.4, -0.2) is 53.9 Å². The van der Waals surface area contributed by atoms with Crippen LogP contribution in [-0.2, 0) is 4.79 Å². The van der Waals surface area contributed by atoms with E-state index in [2.05, 4.69) is 4.90 Å². The van der Waals surface area contributed by atoms with Crippen molar-refractivity contribution in [3.63, 3.8) is 0 Å². The van der Waals surface area contributed by atoms with Gasteiger partial charge in [-0.3, -0.25) is 9.69 Å². The number of para-hydroxylation sites is 1. The van der Waals surface area contributed by atoms with E-state index in [1.54, 1.807) is 12.1 Å². The Morgan fingerprint density at radius 1 is 1.14 bits per heavy atom. The molecule has 4 rings (SSSR count). The number of rotatable bonds is 4. The molecule has 3 atom stereocenters. The number of hydrogen-bond donors (Lipinski definition) is 1. The van der Waals surface area contributed by atoms with Crippen molar-refractivity contribution in [3.8, 4) is 0 Å².